The third kappa shape index (κ3) is 5.41. The molecule has 0 bridgehead atoms. The lowest BCUT2D eigenvalue weighted by Crippen LogP contribution is -2.48. The maximum atomic E-state index is 13.6. The highest BCUT2D eigenvalue weighted by Crippen LogP contribution is 2.56. The molecule has 2 fully saturated rings. The molecule has 46 heavy (non-hydrogen) atoms. The first-order valence-electron chi connectivity index (χ1n) is 15.2. The Morgan fingerprint density at radius 2 is 1.59 bits per heavy atom. The van der Waals surface area contributed by atoms with Crippen LogP contribution in [0.15, 0.2) is 48.5 Å². The molecule has 242 valence electrons. The first kappa shape index (κ1) is 30.3. The van der Waals surface area contributed by atoms with E-state index in [-0.39, 0.29) is 31.9 Å². The van der Waals surface area contributed by atoms with Gasteiger partial charge in [-0.3, -0.25) is 14.5 Å². The van der Waals surface area contributed by atoms with Gasteiger partial charge in [-0.1, -0.05) is 17.7 Å². The molecule has 7 rings (SSSR count). The number of hydrogen-bond acceptors (Lipinski definition) is 11. The van der Waals surface area contributed by atoms with Crippen LogP contribution in [0.3, 0.4) is 0 Å². The molecule has 0 spiro atoms. The Morgan fingerprint density at radius 3 is 2.24 bits per heavy atom. The van der Waals surface area contributed by atoms with Gasteiger partial charge in [-0.2, -0.15) is 0 Å². The van der Waals surface area contributed by atoms with Gasteiger partial charge in [0, 0.05) is 54.3 Å². The molecular weight excluding hydrogens is 616 g/mol. The second kappa shape index (κ2) is 12.4. The third-order valence-electron chi connectivity index (χ3n) is 9.32. The summed E-state index contributed by atoms with van der Waals surface area (Å²) >= 11 is 6.19. The van der Waals surface area contributed by atoms with Crippen LogP contribution in [-0.2, 0) is 19.1 Å². The van der Waals surface area contributed by atoms with Gasteiger partial charge in [0.15, 0.2) is 23.0 Å². The Kier molecular flexibility index (Phi) is 8.20. The molecule has 0 aromatic heterocycles. The SMILES string of the molecule is COc1cc([C@@H]2c3cc4c(cc3[C@H](OC(=O)CN3CCN(c5cccc(Cl)c5)CC3)[C@H]3COC(=O)[C@H]23)OCO4)cc(OC)c1OC. The number of piperazine rings is 1. The number of benzene rings is 3. The predicted octanol–water partition coefficient (Wildman–Crippen LogP) is 4.44. The van der Waals surface area contributed by atoms with Crippen LogP contribution in [0.2, 0.25) is 5.02 Å². The van der Waals surface area contributed by atoms with E-state index in [0.29, 0.717) is 46.9 Å². The number of fused-ring (bicyclic) bond motifs is 3. The van der Waals surface area contributed by atoms with Crippen molar-refractivity contribution < 1.29 is 42.7 Å². The van der Waals surface area contributed by atoms with Crippen LogP contribution in [0.25, 0.3) is 0 Å². The van der Waals surface area contributed by atoms with Gasteiger partial charge in [0.25, 0.3) is 0 Å². The first-order valence-corrected chi connectivity index (χ1v) is 15.6. The van der Waals surface area contributed by atoms with Crippen LogP contribution < -0.4 is 28.6 Å². The average molecular weight is 651 g/mol. The molecular formula is C34H35ClN2O9. The molecule has 0 saturated carbocycles. The number of carbonyl (C=O) groups excluding carboxylic acids is 2. The molecule has 4 atom stereocenters. The number of halogens is 1. The van der Waals surface area contributed by atoms with Crippen LogP contribution in [0.5, 0.6) is 28.7 Å². The van der Waals surface area contributed by atoms with E-state index in [4.69, 9.17) is 44.8 Å². The number of nitrogens with zero attached hydrogens (tertiary/aromatic N) is 2. The monoisotopic (exact) mass is 650 g/mol. The summed E-state index contributed by atoms with van der Waals surface area (Å²) < 4.78 is 40.2. The van der Waals surface area contributed by atoms with E-state index in [1.165, 1.54) is 0 Å². The quantitative estimate of drug-likeness (QED) is 0.323. The largest absolute Gasteiger partial charge is 0.493 e. The van der Waals surface area contributed by atoms with Gasteiger partial charge in [0.05, 0.1) is 40.4 Å². The minimum atomic E-state index is -0.723. The van der Waals surface area contributed by atoms with Gasteiger partial charge in [-0.15, -0.1) is 0 Å². The molecule has 4 aliphatic rings. The van der Waals surface area contributed by atoms with Crippen LogP contribution in [0.1, 0.15) is 28.7 Å². The predicted molar refractivity (Wildman–Crippen MR) is 167 cm³/mol. The molecule has 11 nitrogen and oxygen atoms in total. The number of esters is 2. The van der Waals surface area contributed by atoms with Crippen molar-refractivity contribution in [2.75, 3.05) is 72.4 Å². The van der Waals surface area contributed by atoms with Crippen LogP contribution in [0.4, 0.5) is 5.69 Å². The molecule has 0 N–H and O–H groups in total. The lowest BCUT2D eigenvalue weighted by Gasteiger charge is -2.39. The Labute approximate surface area is 271 Å². The van der Waals surface area contributed by atoms with Crippen LogP contribution in [0, 0.1) is 11.8 Å². The van der Waals surface area contributed by atoms with Gasteiger partial charge >= 0.3 is 11.9 Å². The maximum Gasteiger partial charge on any atom is 0.320 e. The van der Waals surface area contributed by atoms with Crippen molar-refractivity contribution in [1.29, 1.82) is 0 Å². The lowest BCUT2D eigenvalue weighted by molar-refractivity contribution is -0.156. The Hall–Kier alpha value is -4.35. The highest BCUT2D eigenvalue weighted by atomic mass is 35.5. The van der Waals surface area contributed by atoms with E-state index in [9.17, 15) is 9.59 Å². The summed E-state index contributed by atoms with van der Waals surface area (Å²) in [5, 5.41) is 0.694. The number of rotatable bonds is 8. The van der Waals surface area contributed by atoms with Crippen molar-refractivity contribution in [3.8, 4) is 28.7 Å². The van der Waals surface area contributed by atoms with Gasteiger partial charge < -0.3 is 38.1 Å². The van der Waals surface area contributed by atoms with Crippen molar-refractivity contribution in [2.45, 2.75) is 12.0 Å². The van der Waals surface area contributed by atoms with Gasteiger partial charge in [-0.25, -0.2) is 0 Å². The molecule has 3 heterocycles. The van der Waals surface area contributed by atoms with Gasteiger partial charge in [0.2, 0.25) is 12.5 Å². The summed E-state index contributed by atoms with van der Waals surface area (Å²) in [6.45, 7) is 3.22. The van der Waals surface area contributed by atoms with Crippen molar-refractivity contribution in [3.63, 3.8) is 0 Å². The maximum absolute atomic E-state index is 13.6. The number of anilines is 1. The Bertz CT molecular complexity index is 1630. The Morgan fingerprint density at radius 1 is 0.891 bits per heavy atom. The van der Waals surface area contributed by atoms with Crippen molar-refractivity contribution in [1.82, 2.24) is 4.90 Å². The Balaban J connectivity index is 1.18. The second-order valence-electron chi connectivity index (χ2n) is 11.7. The summed E-state index contributed by atoms with van der Waals surface area (Å²) in [4.78, 5) is 31.3. The highest BCUT2D eigenvalue weighted by molar-refractivity contribution is 6.30. The number of carbonyl (C=O) groups is 2. The number of methoxy groups -OCH3 is 3. The zero-order valence-electron chi connectivity index (χ0n) is 25.8. The summed E-state index contributed by atoms with van der Waals surface area (Å²) in [7, 11) is 4.64. The summed E-state index contributed by atoms with van der Waals surface area (Å²) in [5.41, 5.74) is 3.37. The fourth-order valence-electron chi connectivity index (χ4n) is 7.14. The topological polar surface area (TPSA) is 105 Å². The molecule has 3 aromatic rings. The second-order valence-corrected chi connectivity index (χ2v) is 12.2. The van der Waals surface area contributed by atoms with E-state index < -0.39 is 23.9 Å². The fraction of sp³-hybridized carbons (Fsp3) is 0.412. The van der Waals surface area contributed by atoms with E-state index in [1.54, 1.807) is 21.3 Å². The van der Waals surface area contributed by atoms with E-state index in [1.807, 2.05) is 48.5 Å². The minimum Gasteiger partial charge on any atom is -0.493 e. The zero-order chi connectivity index (χ0) is 31.9. The molecule has 3 aromatic carbocycles. The molecule has 0 radical (unpaired) electrons. The molecule has 1 aliphatic carbocycles. The summed E-state index contributed by atoms with van der Waals surface area (Å²) in [6.07, 6.45) is -0.723. The lowest BCUT2D eigenvalue weighted by atomic mass is 9.66. The van der Waals surface area contributed by atoms with Crippen LogP contribution >= 0.6 is 11.6 Å². The van der Waals surface area contributed by atoms with E-state index in [2.05, 4.69) is 9.80 Å². The normalized spacial score (nSPS) is 23.3. The van der Waals surface area contributed by atoms with Crippen molar-refractivity contribution in [3.05, 3.63) is 70.2 Å². The first-order chi connectivity index (χ1) is 22.4. The number of hydrogen-bond donors (Lipinski definition) is 0. The van der Waals surface area contributed by atoms with Crippen LogP contribution in [-0.4, -0.2) is 84.3 Å². The highest BCUT2D eigenvalue weighted by Gasteiger charge is 2.54. The van der Waals surface area contributed by atoms with E-state index >= 15 is 0 Å². The van der Waals surface area contributed by atoms with E-state index in [0.717, 1.165) is 35.5 Å². The third-order valence-corrected chi connectivity index (χ3v) is 9.56. The van der Waals surface area contributed by atoms with Gasteiger partial charge in [-0.05, 0) is 53.6 Å². The zero-order valence-corrected chi connectivity index (χ0v) is 26.6. The van der Waals surface area contributed by atoms with Gasteiger partial charge in [0.1, 0.15) is 6.10 Å². The van der Waals surface area contributed by atoms with Crippen molar-refractivity contribution >= 4 is 29.2 Å². The fourth-order valence-corrected chi connectivity index (χ4v) is 7.33. The summed E-state index contributed by atoms with van der Waals surface area (Å²) in [5.74, 6) is 0.251. The number of cyclic esters (lactones) is 1. The molecule has 12 heteroatoms. The average Bonchev–Trinajstić information content (AvgIpc) is 3.69. The molecule has 0 amide bonds. The molecule has 0 unspecified atom stereocenters. The standard InChI is InChI=1S/C34H35ClN2O9/c1-40-27-11-19(12-28(41-2)33(27)42-3)30-22-14-25-26(45-18-44-25)15-23(22)32(24-17-43-34(39)31(24)30)46-29(38)16-36-7-9-37(10-8-36)21-6-4-5-20(35)13-21/h4-6,11-15,24,30-32H,7-10,16-18H2,1-3H3/t24-,30+,31-,32-/m0/s1. The molecule has 3 aliphatic heterocycles. The minimum absolute atomic E-state index is 0.0770. The summed E-state index contributed by atoms with van der Waals surface area (Å²) in [6, 6.07) is 15.2. The van der Waals surface area contributed by atoms with Crippen molar-refractivity contribution in [2.24, 2.45) is 11.8 Å². The number of ether oxygens (including phenoxy) is 7. The smallest absolute Gasteiger partial charge is 0.320 e. The molecule has 2 saturated heterocycles.